The molecule has 0 unspecified atom stereocenters. The number of rotatable bonds is 9. The molecule has 2 atom stereocenters. The van der Waals surface area contributed by atoms with E-state index in [0.717, 1.165) is 31.5 Å². The van der Waals surface area contributed by atoms with Crippen LogP contribution in [0.5, 0.6) is 11.5 Å². The predicted molar refractivity (Wildman–Crippen MR) is 155 cm³/mol. The molecule has 3 aliphatic heterocycles. The van der Waals surface area contributed by atoms with Crippen LogP contribution in [0.1, 0.15) is 51.2 Å². The lowest BCUT2D eigenvalue weighted by Gasteiger charge is -2.36. The van der Waals surface area contributed by atoms with Crippen LogP contribution in [-0.2, 0) is 17.7 Å². The topological polar surface area (TPSA) is 151 Å². The molecule has 3 aromatic rings. The van der Waals surface area contributed by atoms with Gasteiger partial charge in [0.05, 0.1) is 17.0 Å². The minimum atomic E-state index is -1.24. The summed E-state index contributed by atoms with van der Waals surface area (Å²) in [5.74, 6) is -3.21. The van der Waals surface area contributed by atoms with Gasteiger partial charge in [-0.3, -0.25) is 29.4 Å². The zero-order valence-corrected chi connectivity index (χ0v) is 24.6. The highest BCUT2D eigenvalue weighted by Gasteiger charge is 2.48. The summed E-state index contributed by atoms with van der Waals surface area (Å²) in [5.41, 5.74) is -1.14. The Kier molecular flexibility index (Phi) is 8.25. The monoisotopic (exact) mass is 638 g/mol. The van der Waals surface area contributed by atoms with Crippen molar-refractivity contribution in [2.75, 3.05) is 19.9 Å². The van der Waals surface area contributed by atoms with Gasteiger partial charge in [-0.15, -0.1) is 0 Å². The Morgan fingerprint density at radius 3 is 2.65 bits per heavy atom. The van der Waals surface area contributed by atoms with E-state index in [1.54, 1.807) is 4.90 Å². The molecule has 1 aromatic heterocycles. The smallest absolute Gasteiger partial charge is 0.451 e. The van der Waals surface area contributed by atoms with Crippen molar-refractivity contribution in [3.8, 4) is 11.5 Å². The first kappa shape index (κ1) is 30.8. The van der Waals surface area contributed by atoms with E-state index in [9.17, 15) is 38.1 Å². The van der Waals surface area contributed by atoms with Crippen molar-refractivity contribution < 1.29 is 42.3 Å². The number of aromatic nitrogens is 1. The van der Waals surface area contributed by atoms with E-state index in [1.165, 1.54) is 35.9 Å². The highest BCUT2D eigenvalue weighted by Crippen LogP contribution is 2.36. The van der Waals surface area contributed by atoms with Gasteiger partial charge >= 0.3 is 6.16 Å². The average molecular weight is 639 g/mol. The lowest BCUT2D eigenvalue weighted by atomic mass is 10.0. The summed E-state index contributed by atoms with van der Waals surface area (Å²) in [7, 11) is 0. The molecule has 6 rings (SSSR count). The molecule has 15 heteroatoms. The summed E-state index contributed by atoms with van der Waals surface area (Å²) in [6.45, 7) is 2.16. The molecule has 0 bridgehead atoms. The van der Waals surface area contributed by atoms with Gasteiger partial charge < -0.3 is 23.7 Å². The molecule has 0 N–H and O–H groups in total. The molecule has 13 nitrogen and oxygen atoms in total. The molecular weight excluding hydrogens is 610 g/mol. The molecule has 0 aliphatic carbocycles. The fourth-order valence-electron chi connectivity index (χ4n) is 6.27. The fourth-order valence-corrected chi connectivity index (χ4v) is 6.27. The van der Waals surface area contributed by atoms with Crippen LogP contribution in [0.2, 0.25) is 0 Å². The molecule has 0 spiro atoms. The van der Waals surface area contributed by atoms with E-state index in [1.807, 2.05) is 0 Å². The number of benzene rings is 2. The standard InChI is InChI=1S/C31H28F2N4O9/c1-17-11-20(37(42)43)7-9-25(17)46-31(41)45-16-44-29-27-30(40)36-13-21-3-2-10-35(21)26(36)15-34(27)14-22(28(29)39)24(38)8-5-18-4-6-19(32)12-23(18)33/h4,6-7,9,11-12,14,21,26H,2-3,5,8,10,13,15-16H2,1H3/t21-,26+/m1/s1. The number of non-ortho nitro benzene ring substituents is 1. The Bertz CT molecular complexity index is 1830. The Balaban J connectivity index is 1.24. The number of fused-ring (bicyclic) bond motifs is 4. The highest BCUT2D eigenvalue weighted by molar-refractivity contribution is 6.00. The van der Waals surface area contributed by atoms with E-state index < -0.39 is 52.4 Å². The summed E-state index contributed by atoms with van der Waals surface area (Å²) in [5, 5.41) is 11.0. The highest BCUT2D eigenvalue weighted by atomic mass is 19.1. The van der Waals surface area contributed by atoms with Crippen LogP contribution in [0.25, 0.3) is 0 Å². The molecule has 0 saturated carbocycles. The van der Waals surface area contributed by atoms with E-state index >= 15 is 0 Å². The van der Waals surface area contributed by atoms with Gasteiger partial charge in [-0.05, 0) is 49.4 Å². The van der Waals surface area contributed by atoms with Crippen LogP contribution in [0, 0.1) is 28.7 Å². The Labute approximate surface area is 260 Å². The lowest BCUT2D eigenvalue weighted by Crippen LogP contribution is -2.50. The normalized spacial score (nSPS) is 18.5. The summed E-state index contributed by atoms with van der Waals surface area (Å²) in [6, 6.07) is 6.75. The third-order valence-electron chi connectivity index (χ3n) is 8.51. The molecule has 2 saturated heterocycles. The van der Waals surface area contributed by atoms with Gasteiger partial charge in [0.15, 0.2) is 11.5 Å². The van der Waals surface area contributed by atoms with Gasteiger partial charge in [-0.1, -0.05) is 6.07 Å². The number of hydrogen-bond acceptors (Lipinski definition) is 10. The van der Waals surface area contributed by atoms with Crippen LogP contribution in [0.3, 0.4) is 0 Å². The molecule has 2 fully saturated rings. The lowest BCUT2D eigenvalue weighted by molar-refractivity contribution is -0.384. The van der Waals surface area contributed by atoms with E-state index in [0.29, 0.717) is 12.6 Å². The van der Waals surface area contributed by atoms with Crippen LogP contribution < -0.4 is 14.9 Å². The molecule has 3 aliphatic rings. The zero-order valence-electron chi connectivity index (χ0n) is 24.6. The van der Waals surface area contributed by atoms with Crippen molar-refractivity contribution in [3.05, 3.63) is 97.0 Å². The maximum absolute atomic E-state index is 14.2. The number of ether oxygens (including phenoxy) is 3. The van der Waals surface area contributed by atoms with Crippen LogP contribution in [0.15, 0.2) is 47.4 Å². The van der Waals surface area contributed by atoms with Gasteiger partial charge in [0, 0.05) is 49.9 Å². The predicted octanol–water partition coefficient (Wildman–Crippen LogP) is 3.97. The summed E-state index contributed by atoms with van der Waals surface area (Å²) < 4.78 is 44.7. The van der Waals surface area contributed by atoms with E-state index in [-0.39, 0.29) is 65.4 Å². The second-order valence-electron chi connectivity index (χ2n) is 11.3. The number of nitro groups is 1. The molecule has 240 valence electrons. The third kappa shape index (κ3) is 5.80. The number of nitro benzene ring substituents is 1. The number of carbonyl (C=O) groups excluding carboxylic acids is 3. The van der Waals surface area contributed by atoms with E-state index in [2.05, 4.69) is 4.90 Å². The van der Waals surface area contributed by atoms with Gasteiger partial charge in [-0.2, -0.15) is 0 Å². The number of halogens is 2. The van der Waals surface area contributed by atoms with Crippen molar-refractivity contribution in [3.63, 3.8) is 0 Å². The van der Waals surface area contributed by atoms with Crippen molar-refractivity contribution in [1.29, 1.82) is 0 Å². The molecular formula is C31H28F2N4O9. The van der Waals surface area contributed by atoms with Crippen LogP contribution in [0.4, 0.5) is 19.3 Å². The maximum Gasteiger partial charge on any atom is 0.516 e. The Morgan fingerprint density at radius 1 is 1.11 bits per heavy atom. The van der Waals surface area contributed by atoms with E-state index in [4.69, 9.17) is 14.2 Å². The number of hydrogen-bond donors (Lipinski definition) is 0. The number of aryl methyl sites for hydroxylation is 2. The van der Waals surface area contributed by atoms with Crippen LogP contribution >= 0.6 is 0 Å². The van der Waals surface area contributed by atoms with Crippen molar-refractivity contribution >= 4 is 23.5 Å². The zero-order chi connectivity index (χ0) is 32.7. The first-order valence-corrected chi connectivity index (χ1v) is 14.6. The van der Waals surface area contributed by atoms with Crippen molar-refractivity contribution in [1.82, 2.24) is 14.4 Å². The second kappa shape index (κ2) is 12.3. The first-order valence-electron chi connectivity index (χ1n) is 14.6. The minimum Gasteiger partial charge on any atom is -0.451 e. The Morgan fingerprint density at radius 2 is 1.91 bits per heavy atom. The summed E-state index contributed by atoms with van der Waals surface area (Å²) in [6.07, 6.45) is 1.30. The fraction of sp³-hybridized carbons (Fsp3) is 0.355. The van der Waals surface area contributed by atoms with Gasteiger partial charge in [0.25, 0.3) is 11.6 Å². The van der Waals surface area contributed by atoms with Gasteiger partial charge in [-0.25, -0.2) is 13.6 Å². The largest absolute Gasteiger partial charge is 0.516 e. The van der Waals surface area contributed by atoms with Gasteiger partial charge in [0.1, 0.15) is 23.5 Å². The number of Topliss-reactive ketones (excluding diaryl/α,β-unsaturated/α-hetero) is 1. The molecule has 0 radical (unpaired) electrons. The quantitative estimate of drug-likeness (QED) is 0.0841. The number of ketones is 1. The molecule has 1 amide bonds. The third-order valence-corrected chi connectivity index (χ3v) is 8.51. The number of nitrogens with zero attached hydrogens (tertiary/aromatic N) is 4. The summed E-state index contributed by atoms with van der Waals surface area (Å²) in [4.78, 5) is 67.3. The first-order chi connectivity index (χ1) is 22.0. The van der Waals surface area contributed by atoms with Gasteiger partial charge in [0.2, 0.25) is 18.0 Å². The number of carbonyl (C=O) groups is 3. The van der Waals surface area contributed by atoms with Crippen molar-refractivity contribution in [2.45, 2.75) is 51.4 Å². The minimum absolute atomic E-state index is 0.00552. The molecule has 4 heterocycles. The number of amides is 1. The molecule has 2 aromatic carbocycles. The maximum atomic E-state index is 14.2. The average Bonchev–Trinajstić information content (AvgIpc) is 3.61. The SMILES string of the molecule is Cc1cc([N+](=O)[O-])ccc1OC(=O)OCOc1c2n(cc(C(=O)CCc3ccc(F)cc3F)c1=O)C[C@@H]1N(C[C@H]3CCCN31)C2=O. The summed E-state index contributed by atoms with van der Waals surface area (Å²) >= 11 is 0. The Hall–Kier alpha value is -5.18. The molecule has 46 heavy (non-hydrogen) atoms. The second-order valence-corrected chi connectivity index (χ2v) is 11.3. The number of pyridine rings is 1. The van der Waals surface area contributed by atoms with Crippen LogP contribution in [-0.4, -0.2) is 69.2 Å². The van der Waals surface area contributed by atoms with Crippen molar-refractivity contribution in [2.24, 2.45) is 0 Å².